The number of aromatic nitrogens is 2. The van der Waals surface area contributed by atoms with Crippen molar-refractivity contribution >= 4 is 23.7 Å². The third kappa shape index (κ3) is 2.05. The molecule has 1 fully saturated rings. The summed E-state index contributed by atoms with van der Waals surface area (Å²) in [5, 5.41) is 0. The molecule has 2 aliphatic rings. The van der Waals surface area contributed by atoms with Crippen LogP contribution in [0.2, 0.25) is 0 Å². The minimum absolute atomic E-state index is 0.250. The van der Waals surface area contributed by atoms with Gasteiger partial charge in [0.2, 0.25) is 11.9 Å². The molecule has 24 heavy (non-hydrogen) atoms. The summed E-state index contributed by atoms with van der Waals surface area (Å²) < 4.78 is 1.79. The van der Waals surface area contributed by atoms with E-state index in [1.807, 2.05) is 44.3 Å². The highest BCUT2D eigenvalue weighted by Crippen LogP contribution is 2.27. The second kappa shape index (κ2) is 5.02. The molecule has 1 saturated heterocycles. The third-order valence-electron chi connectivity index (χ3n) is 4.45. The number of aryl methyl sites for hydroxylation is 2. The fourth-order valence-corrected chi connectivity index (χ4v) is 3.15. The van der Waals surface area contributed by atoms with Crippen molar-refractivity contribution in [1.29, 1.82) is 0 Å². The van der Waals surface area contributed by atoms with E-state index in [0.29, 0.717) is 11.8 Å². The quantitative estimate of drug-likeness (QED) is 0.852. The summed E-state index contributed by atoms with van der Waals surface area (Å²) in [5.41, 5.74) is 2.98. The molecule has 1 unspecified atom stereocenters. The van der Waals surface area contributed by atoms with Crippen LogP contribution in [0.4, 0.5) is 10.7 Å². The summed E-state index contributed by atoms with van der Waals surface area (Å²) in [6, 6.07) is 6.89. The standard InChI is InChI=1S/C17H17N5O2/c1-10-4-6-12(7-5-10)9-22-15(23)13-14(20(3)17(22)24)19-16-18-11(2)8-21(13)16/h4-8,13H,9H2,1-3H3/p+1. The van der Waals surface area contributed by atoms with Crippen molar-refractivity contribution < 1.29 is 14.2 Å². The Morgan fingerprint density at radius 3 is 2.62 bits per heavy atom. The predicted octanol–water partition coefficient (Wildman–Crippen LogP) is 1.60. The number of H-pyrrole nitrogens is 1. The molecule has 1 atom stereocenters. The fraction of sp³-hybridized carbons (Fsp3) is 0.294. The van der Waals surface area contributed by atoms with Crippen molar-refractivity contribution in [1.82, 2.24) is 14.8 Å². The number of imide groups is 1. The molecule has 0 spiro atoms. The molecule has 0 radical (unpaired) electrons. The second-order valence-corrected chi connectivity index (χ2v) is 6.29. The number of amidine groups is 1. The SMILES string of the molecule is Cc1ccc(CN2C(=O)C3C(=Nc4[nH]c(C)c[n+]43)N(C)C2=O)cc1. The zero-order valence-electron chi connectivity index (χ0n) is 13.8. The van der Waals surface area contributed by atoms with Crippen molar-refractivity contribution in [3.63, 3.8) is 0 Å². The first-order chi connectivity index (χ1) is 11.5. The first-order valence-electron chi connectivity index (χ1n) is 7.79. The molecule has 7 heteroatoms. The maximum atomic E-state index is 13.0. The van der Waals surface area contributed by atoms with E-state index in [1.165, 1.54) is 9.80 Å². The van der Waals surface area contributed by atoms with Gasteiger partial charge in [-0.15, -0.1) is 0 Å². The Labute approximate surface area is 139 Å². The number of likely N-dealkylation sites (N-methyl/N-ethyl adjacent to an activating group) is 1. The number of urea groups is 1. The number of aliphatic imine (C=N–C) groups is 1. The van der Waals surface area contributed by atoms with Crippen molar-refractivity contribution in [2.24, 2.45) is 4.99 Å². The first kappa shape index (κ1) is 14.6. The Morgan fingerprint density at radius 1 is 1.21 bits per heavy atom. The minimum Gasteiger partial charge on any atom is -0.270 e. The van der Waals surface area contributed by atoms with Crippen molar-refractivity contribution in [3.8, 4) is 0 Å². The van der Waals surface area contributed by atoms with E-state index in [1.54, 1.807) is 11.6 Å². The summed E-state index contributed by atoms with van der Waals surface area (Å²) >= 11 is 0. The molecule has 0 saturated carbocycles. The highest BCUT2D eigenvalue weighted by atomic mass is 16.2. The average molecular weight is 324 g/mol. The van der Waals surface area contributed by atoms with Crippen LogP contribution in [-0.2, 0) is 11.3 Å². The Hall–Kier alpha value is -2.96. The molecule has 1 aromatic heterocycles. The highest BCUT2D eigenvalue weighted by molar-refractivity contribution is 6.18. The summed E-state index contributed by atoms with van der Waals surface area (Å²) in [5.74, 6) is 0.814. The average Bonchev–Trinajstić information content (AvgIpc) is 3.07. The Balaban J connectivity index is 1.70. The topological polar surface area (TPSA) is 72.7 Å². The lowest BCUT2D eigenvalue weighted by atomic mass is 10.1. The van der Waals surface area contributed by atoms with E-state index in [4.69, 9.17) is 0 Å². The minimum atomic E-state index is -0.585. The molecular weight excluding hydrogens is 306 g/mol. The predicted molar refractivity (Wildman–Crippen MR) is 86.7 cm³/mol. The number of carbonyl (C=O) groups is 2. The number of hydrogen-bond donors (Lipinski definition) is 1. The monoisotopic (exact) mass is 324 g/mol. The molecule has 2 aliphatic heterocycles. The Bertz CT molecular complexity index is 881. The number of aromatic amines is 1. The lowest BCUT2D eigenvalue weighted by molar-refractivity contribution is -0.676. The van der Waals surface area contributed by atoms with Crippen LogP contribution in [0.15, 0.2) is 35.5 Å². The van der Waals surface area contributed by atoms with E-state index in [2.05, 4.69) is 9.98 Å². The normalized spacial score (nSPS) is 19.5. The lowest BCUT2D eigenvalue weighted by Crippen LogP contribution is -2.62. The molecule has 7 nitrogen and oxygen atoms in total. The number of fused-ring (bicyclic) bond motifs is 3. The van der Waals surface area contributed by atoms with Crippen molar-refractivity contribution in [2.75, 3.05) is 7.05 Å². The van der Waals surface area contributed by atoms with Gasteiger partial charge in [0, 0.05) is 7.05 Å². The van der Waals surface area contributed by atoms with Gasteiger partial charge in [-0.3, -0.25) is 14.6 Å². The molecule has 1 N–H and O–H groups in total. The maximum absolute atomic E-state index is 13.0. The number of hydrogen-bond acceptors (Lipinski definition) is 3. The smallest absolute Gasteiger partial charge is 0.270 e. The van der Waals surface area contributed by atoms with Crippen LogP contribution in [0.1, 0.15) is 22.9 Å². The van der Waals surface area contributed by atoms with Crippen LogP contribution in [0.3, 0.4) is 0 Å². The molecule has 3 amide bonds. The zero-order valence-corrected chi connectivity index (χ0v) is 13.8. The van der Waals surface area contributed by atoms with Crippen LogP contribution < -0.4 is 4.57 Å². The van der Waals surface area contributed by atoms with E-state index in [-0.39, 0.29) is 18.5 Å². The van der Waals surface area contributed by atoms with Crippen molar-refractivity contribution in [3.05, 3.63) is 47.3 Å². The van der Waals surface area contributed by atoms with Gasteiger partial charge in [-0.2, -0.15) is 0 Å². The van der Waals surface area contributed by atoms with Crippen LogP contribution in [-0.4, -0.2) is 39.6 Å². The van der Waals surface area contributed by atoms with Gasteiger partial charge in [0.1, 0.15) is 11.9 Å². The Morgan fingerprint density at radius 2 is 1.92 bits per heavy atom. The van der Waals surface area contributed by atoms with Gasteiger partial charge in [0.15, 0.2) is 0 Å². The molecular formula is C17H18N5O2+. The van der Waals surface area contributed by atoms with Gasteiger partial charge in [-0.25, -0.2) is 14.3 Å². The summed E-state index contributed by atoms with van der Waals surface area (Å²) in [7, 11) is 1.65. The second-order valence-electron chi connectivity index (χ2n) is 6.29. The van der Waals surface area contributed by atoms with E-state index in [0.717, 1.165) is 16.8 Å². The van der Waals surface area contributed by atoms with Gasteiger partial charge in [0.25, 0.3) is 5.91 Å². The third-order valence-corrected chi connectivity index (χ3v) is 4.45. The number of rotatable bonds is 2. The zero-order chi connectivity index (χ0) is 17.0. The van der Waals surface area contributed by atoms with Gasteiger partial charge < -0.3 is 0 Å². The Kier molecular flexibility index (Phi) is 3.06. The number of nitrogens with one attached hydrogen (secondary N) is 1. The van der Waals surface area contributed by atoms with Crippen LogP contribution in [0.25, 0.3) is 0 Å². The molecule has 2 aromatic rings. The van der Waals surface area contributed by atoms with Crippen LogP contribution in [0, 0.1) is 13.8 Å². The van der Waals surface area contributed by atoms with Gasteiger partial charge in [-0.05, 0) is 19.4 Å². The first-order valence-corrected chi connectivity index (χ1v) is 7.79. The van der Waals surface area contributed by atoms with Gasteiger partial charge in [-0.1, -0.05) is 34.8 Å². The maximum Gasteiger partial charge on any atom is 0.399 e. The molecule has 3 heterocycles. The molecule has 1 aromatic carbocycles. The van der Waals surface area contributed by atoms with E-state index in [9.17, 15) is 9.59 Å². The van der Waals surface area contributed by atoms with E-state index < -0.39 is 6.04 Å². The number of benzene rings is 1. The number of amides is 3. The van der Waals surface area contributed by atoms with Gasteiger partial charge in [0.05, 0.1) is 6.54 Å². The van der Waals surface area contributed by atoms with Crippen LogP contribution in [0.5, 0.6) is 0 Å². The molecule has 122 valence electrons. The molecule has 0 aliphatic carbocycles. The lowest BCUT2D eigenvalue weighted by Gasteiger charge is -2.33. The van der Waals surface area contributed by atoms with Gasteiger partial charge >= 0.3 is 12.0 Å². The number of carbonyl (C=O) groups excluding carboxylic acids is 2. The fourth-order valence-electron chi connectivity index (χ4n) is 3.15. The number of nitrogens with zero attached hydrogens (tertiary/aromatic N) is 4. The summed E-state index contributed by atoms with van der Waals surface area (Å²) in [6.07, 6.45) is 1.85. The largest absolute Gasteiger partial charge is 0.399 e. The summed E-state index contributed by atoms with van der Waals surface area (Å²) in [4.78, 5) is 35.9. The molecule has 4 rings (SSSR count). The summed E-state index contributed by atoms with van der Waals surface area (Å²) in [6.45, 7) is 4.17. The van der Waals surface area contributed by atoms with Crippen molar-refractivity contribution in [2.45, 2.75) is 26.4 Å². The van der Waals surface area contributed by atoms with E-state index >= 15 is 0 Å². The molecule has 0 bridgehead atoms. The van der Waals surface area contributed by atoms with Crippen LogP contribution >= 0.6 is 0 Å². The number of imidazole rings is 1. The highest BCUT2D eigenvalue weighted by Gasteiger charge is 2.52.